The van der Waals surface area contributed by atoms with E-state index in [2.05, 4.69) is 10.3 Å². The predicted octanol–water partition coefficient (Wildman–Crippen LogP) is 2.85. The molecular formula is C16H19N3OS. The number of benzene rings is 1. The molecule has 1 aromatic carbocycles. The number of pyridine rings is 1. The fourth-order valence-electron chi connectivity index (χ4n) is 2.66. The maximum absolute atomic E-state index is 5.84. The van der Waals surface area contributed by atoms with Gasteiger partial charge in [0, 0.05) is 24.1 Å². The molecule has 0 bridgehead atoms. The van der Waals surface area contributed by atoms with Crippen molar-refractivity contribution in [2.45, 2.75) is 25.4 Å². The second-order valence-electron chi connectivity index (χ2n) is 5.31. The van der Waals surface area contributed by atoms with Crippen molar-refractivity contribution in [2.24, 2.45) is 5.73 Å². The van der Waals surface area contributed by atoms with Gasteiger partial charge < -0.3 is 15.8 Å². The summed E-state index contributed by atoms with van der Waals surface area (Å²) >= 11 is 5.16. The molecule has 4 nitrogen and oxygen atoms in total. The number of nitrogens with two attached hydrogens (primary N) is 1. The summed E-state index contributed by atoms with van der Waals surface area (Å²) in [7, 11) is 0. The second-order valence-corrected chi connectivity index (χ2v) is 5.75. The van der Waals surface area contributed by atoms with E-state index < -0.39 is 0 Å². The monoisotopic (exact) mass is 301 g/mol. The number of ether oxygens (including phenoxy) is 1. The van der Waals surface area contributed by atoms with Crippen LogP contribution in [0.3, 0.4) is 0 Å². The zero-order chi connectivity index (χ0) is 14.7. The fraction of sp³-hybridized carbons (Fsp3) is 0.375. The van der Waals surface area contributed by atoms with Crippen molar-refractivity contribution in [1.29, 1.82) is 0 Å². The maximum Gasteiger partial charge on any atom is 0.127 e. The molecule has 1 aromatic heterocycles. The molecule has 21 heavy (non-hydrogen) atoms. The summed E-state index contributed by atoms with van der Waals surface area (Å²) in [6.07, 6.45) is 3.76. The highest BCUT2D eigenvalue weighted by atomic mass is 32.1. The number of hydrogen-bond donors (Lipinski definition) is 2. The predicted molar refractivity (Wildman–Crippen MR) is 89.7 cm³/mol. The lowest BCUT2D eigenvalue weighted by molar-refractivity contribution is 0.0247. The van der Waals surface area contributed by atoms with Crippen LogP contribution in [-0.4, -0.2) is 29.2 Å². The molecule has 110 valence electrons. The van der Waals surface area contributed by atoms with Crippen LogP contribution in [0, 0.1) is 0 Å². The third-order valence-corrected chi connectivity index (χ3v) is 3.99. The van der Waals surface area contributed by atoms with E-state index in [9.17, 15) is 0 Å². The SMILES string of the molecule is NC(=S)c1cc(NCC2CCCCO2)nc2ccccc12. The normalized spacial score (nSPS) is 18.6. The largest absolute Gasteiger partial charge is 0.389 e. The van der Waals surface area contributed by atoms with E-state index in [0.717, 1.165) is 48.3 Å². The maximum atomic E-state index is 5.84. The van der Waals surface area contributed by atoms with E-state index in [1.807, 2.05) is 30.3 Å². The molecule has 3 N–H and O–H groups in total. The number of fused-ring (bicyclic) bond motifs is 1. The van der Waals surface area contributed by atoms with Crippen LogP contribution in [0.5, 0.6) is 0 Å². The van der Waals surface area contributed by atoms with Crippen molar-refractivity contribution >= 4 is 33.9 Å². The molecule has 0 saturated carbocycles. The molecule has 0 spiro atoms. The lowest BCUT2D eigenvalue weighted by atomic mass is 10.1. The smallest absolute Gasteiger partial charge is 0.127 e. The molecule has 1 saturated heterocycles. The minimum absolute atomic E-state index is 0.264. The number of nitrogens with one attached hydrogen (secondary N) is 1. The molecule has 1 aliphatic rings. The number of hydrogen-bond acceptors (Lipinski definition) is 4. The first-order chi connectivity index (χ1) is 10.2. The van der Waals surface area contributed by atoms with E-state index in [1.54, 1.807) is 0 Å². The first-order valence-electron chi connectivity index (χ1n) is 7.29. The zero-order valence-corrected chi connectivity index (χ0v) is 12.7. The average Bonchev–Trinajstić information content (AvgIpc) is 2.53. The lowest BCUT2D eigenvalue weighted by Gasteiger charge is -2.23. The fourth-order valence-corrected chi connectivity index (χ4v) is 2.83. The van der Waals surface area contributed by atoms with Gasteiger partial charge in [-0.1, -0.05) is 30.4 Å². The molecule has 1 atom stereocenters. The molecule has 2 heterocycles. The summed E-state index contributed by atoms with van der Waals surface area (Å²) in [6, 6.07) is 9.82. The lowest BCUT2D eigenvalue weighted by Crippen LogP contribution is -2.27. The highest BCUT2D eigenvalue weighted by Crippen LogP contribution is 2.21. The van der Waals surface area contributed by atoms with Crippen LogP contribution in [0.15, 0.2) is 30.3 Å². The summed E-state index contributed by atoms with van der Waals surface area (Å²) in [5.74, 6) is 0.797. The van der Waals surface area contributed by atoms with Gasteiger partial charge in [-0.2, -0.15) is 0 Å². The van der Waals surface area contributed by atoms with Crippen LogP contribution in [0.1, 0.15) is 24.8 Å². The quantitative estimate of drug-likeness (QED) is 0.850. The van der Waals surface area contributed by atoms with Gasteiger partial charge in [0.05, 0.1) is 11.6 Å². The van der Waals surface area contributed by atoms with Crippen molar-refractivity contribution in [1.82, 2.24) is 4.98 Å². The van der Waals surface area contributed by atoms with Crippen LogP contribution >= 0.6 is 12.2 Å². The summed E-state index contributed by atoms with van der Waals surface area (Å²) in [5.41, 5.74) is 7.60. The summed E-state index contributed by atoms with van der Waals surface area (Å²) < 4.78 is 5.72. The van der Waals surface area contributed by atoms with Crippen LogP contribution in [0.4, 0.5) is 5.82 Å². The van der Waals surface area contributed by atoms with Gasteiger partial charge in [-0.15, -0.1) is 0 Å². The molecule has 5 heteroatoms. The molecule has 0 radical (unpaired) electrons. The molecule has 3 rings (SSSR count). The minimum atomic E-state index is 0.264. The molecule has 1 aliphatic heterocycles. The highest BCUT2D eigenvalue weighted by Gasteiger charge is 2.14. The van der Waals surface area contributed by atoms with Gasteiger partial charge in [-0.25, -0.2) is 4.98 Å². The molecule has 1 fully saturated rings. The average molecular weight is 301 g/mol. The number of anilines is 1. The number of nitrogens with zero attached hydrogens (tertiary/aromatic N) is 1. The summed E-state index contributed by atoms with van der Waals surface area (Å²) in [4.78, 5) is 5.01. The van der Waals surface area contributed by atoms with Crippen LogP contribution in [0.2, 0.25) is 0 Å². The molecule has 1 unspecified atom stereocenters. The van der Waals surface area contributed by atoms with Gasteiger partial charge in [-0.3, -0.25) is 0 Å². The van der Waals surface area contributed by atoms with E-state index in [4.69, 9.17) is 22.7 Å². The minimum Gasteiger partial charge on any atom is -0.389 e. The van der Waals surface area contributed by atoms with Crippen molar-refractivity contribution in [3.8, 4) is 0 Å². The summed E-state index contributed by atoms with van der Waals surface area (Å²) in [5, 5.41) is 4.34. The van der Waals surface area contributed by atoms with Gasteiger partial charge >= 0.3 is 0 Å². The Hall–Kier alpha value is -1.72. The van der Waals surface area contributed by atoms with E-state index in [1.165, 1.54) is 6.42 Å². The Labute approximate surface area is 129 Å². The van der Waals surface area contributed by atoms with Gasteiger partial charge in [0.1, 0.15) is 10.8 Å². The summed E-state index contributed by atoms with van der Waals surface area (Å²) in [6.45, 7) is 1.62. The van der Waals surface area contributed by atoms with E-state index >= 15 is 0 Å². The van der Waals surface area contributed by atoms with Crippen LogP contribution < -0.4 is 11.1 Å². The standard InChI is InChI=1S/C16H19N3OS/c17-16(21)13-9-15(18-10-11-5-3-4-8-20-11)19-14-7-2-1-6-12(13)14/h1-2,6-7,9,11H,3-5,8,10H2,(H2,17,21)(H,18,19). The van der Waals surface area contributed by atoms with Crippen molar-refractivity contribution in [3.63, 3.8) is 0 Å². The van der Waals surface area contributed by atoms with Crippen LogP contribution in [0.25, 0.3) is 10.9 Å². The number of rotatable bonds is 4. The Balaban J connectivity index is 1.83. The van der Waals surface area contributed by atoms with Crippen molar-refractivity contribution in [2.75, 3.05) is 18.5 Å². The number of aromatic nitrogens is 1. The Bertz CT molecular complexity index is 653. The Kier molecular flexibility index (Phi) is 4.31. The second kappa shape index (κ2) is 6.37. The topological polar surface area (TPSA) is 60.2 Å². The Morgan fingerprint density at radius 1 is 1.38 bits per heavy atom. The molecule has 2 aromatic rings. The first-order valence-corrected chi connectivity index (χ1v) is 7.70. The Morgan fingerprint density at radius 2 is 2.24 bits per heavy atom. The van der Waals surface area contributed by atoms with Gasteiger partial charge in [-0.05, 0) is 31.4 Å². The van der Waals surface area contributed by atoms with Gasteiger partial charge in [0.2, 0.25) is 0 Å². The third-order valence-electron chi connectivity index (χ3n) is 3.77. The van der Waals surface area contributed by atoms with Crippen molar-refractivity contribution in [3.05, 3.63) is 35.9 Å². The first kappa shape index (κ1) is 14.2. The Morgan fingerprint density at radius 3 is 3.00 bits per heavy atom. The molecular weight excluding hydrogens is 282 g/mol. The van der Waals surface area contributed by atoms with Crippen molar-refractivity contribution < 1.29 is 4.74 Å². The number of thiocarbonyl (C=S) groups is 1. The third kappa shape index (κ3) is 3.31. The van der Waals surface area contributed by atoms with E-state index in [0.29, 0.717) is 4.99 Å². The van der Waals surface area contributed by atoms with Crippen LogP contribution in [-0.2, 0) is 4.74 Å². The van der Waals surface area contributed by atoms with Gasteiger partial charge in [0.25, 0.3) is 0 Å². The highest BCUT2D eigenvalue weighted by molar-refractivity contribution is 7.80. The van der Waals surface area contributed by atoms with Gasteiger partial charge in [0.15, 0.2) is 0 Å². The zero-order valence-electron chi connectivity index (χ0n) is 11.8. The number of para-hydroxylation sites is 1. The van der Waals surface area contributed by atoms with E-state index in [-0.39, 0.29) is 6.10 Å². The molecule has 0 amide bonds. The molecule has 0 aliphatic carbocycles.